The first-order valence-electron chi connectivity index (χ1n) is 5.26. The second-order valence-corrected chi connectivity index (χ2v) is 3.69. The summed E-state index contributed by atoms with van der Waals surface area (Å²) in [6.45, 7) is 0. The quantitative estimate of drug-likeness (QED) is 0.686. The predicted molar refractivity (Wildman–Crippen MR) is 67.2 cm³/mol. The highest BCUT2D eigenvalue weighted by atomic mass is 14.9. The van der Waals surface area contributed by atoms with E-state index in [0.717, 1.165) is 16.3 Å². The number of nitrogen functional groups attached to an aromatic ring is 1. The Balaban J connectivity index is 2.35. The Bertz CT molecular complexity index is 674. The fourth-order valence-corrected chi connectivity index (χ4v) is 1.89. The molecule has 0 saturated heterocycles. The van der Waals surface area contributed by atoms with E-state index in [-0.39, 0.29) is 0 Å². The third-order valence-corrected chi connectivity index (χ3v) is 2.66. The molecule has 0 bridgehead atoms. The molecule has 1 aromatic carbocycles. The summed E-state index contributed by atoms with van der Waals surface area (Å²) in [5, 5.41) is 2.14. The maximum absolute atomic E-state index is 5.85. The van der Waals surface area contributed by atoms with Gasteiger partial charge in [-0.1, -0.05) is 18.2 Å². The van der Waals surface area contributed by atoms with Crippen LogP contribution in [0.4, 0.5) is 5.82 Å². The van der Waals surface area contributed by atoms with Crippen molar-refractivity contribution in [3.05, 3.63) is 49.1 Å². The van der Waals surface area contributed by atoms with E-state index in [0.29, 0.717) is 11.5 Å². The van der Waals surface area contributed by atoms with E-state index >= 15 is 0 Å². The van der Waals surface area contributed by atoms with Crippen molar-refractivity contribution in [3.8, 4) is 11.3 Å². The average Bonchev–Trinajstić information content (AvgIpc) is 2.39. The van der Waals surface area contributed by atoms with E-state index in [9.17, 15) is 0 Å². The Morgan fingerprint density at radius 1 is 0.941 bits per heavy atom. The fourth-order valence-electron chi connectivity index (χ4n) is 1.89. The van der Waals surface area contributed by atoms with Crippen LogP contribution in [-0.4, -0.2) is 15.0 Å². The van der Waals surface area contributed by atoms with Gasteiger partial charge in [-0.15, -0.1) is 0 Å². The number of hydrogen-bond donors (Lipinski definition) is 1. The standard InChI is InChI=1S/C13H10N4/c14-13-12(16-6-7-17-13)11-3-1-2-9-8-15-5-4-10(9)11/h1-8H,(H2,14,17). The minimum atomic E-state index is 0.441. The molecule has 0 aliphatic heterocycles. The number of benzene rings is 1. The van der Waals surface area contributed by atoms with Crippen molar-refractivity contribution in [3.63, 3.8) is 0 Å². The van der Waals surface area contributed by atoms with Gasteiger partial charge in [-0.25, -0.2) is 4.98 Å². The van der Waals surface area contributed by atoms with E-state index in [2.05, 4.69) is 15.0 Å². The second kappa shape index (κ2) is 3.83. The lowest BCUT2D eigenvalue weighted by molar-refractivity contribution is 1.22. The zero-order chi connectivity index (χ0) is 11.7. The molecule has 0 amide bonds. The summed E-state index contributed by atoms with van der Waals surface area (Å²) >= 11 is 0. The number of rotatable bonds is 1. The summed E-state index contributed by atoms with van der Waals surface area (Å²) in [7, 11) is 0. The largest absolute Gasteiger partial charge is 0.382 e. The van der Waals surface area contributed by atoms with Crippen LogP contribution < -0.4 is 5.73 Å². The molecule has 0 aliphatic carbocycles. The first kappa shape index (κ1) is 9.72. The van der Waals surface area contributed by atoms with Crippen molar-refractivity contribution in [2.45, 2.75) is 0 Å². The number of fused-ring (bicyclic) bond motifs is 1. The van der Waals surface area contributed by atoms with Crippen LogP contribution in [0, 0.1) is 0 Å². The van der Waals surface area contributed by atoms with Crippen LogP contribution in [0.15, 0.2) is 49.1 Å². The zero-order valence-electron chi connectivity index (χ0n) is 9.04. The lowest BCUT2D eigenvalue weighted by Gasteiger charge is -2.06. The maximum atomic E-state index is 5.85. The smallest absolute Gasteiger partial charge is 0.150 e. The maximum Gasteiger partial charge on any atom is 0.150 e. The highest BCUT2D eigenvalue weighted by Gasteiger charge is 2.08. The molecule has 4 nitrogen and oxygen atoms in total. The first-order valence-corrected chi connectivity index (χ1v) is 5.26. The van der Waals surface area contributed by atoms with Crippen LogP contribution in [-0.2, 0) is 0 Å². The number of nitrogens with zero attached hydrogens (tertiary/aromatic N) is 3. The number of nitrogens with two attached hydrogens (primary N) is 1. The highest BCUT2D eigenvalue weighted by molar-refractivity contribution is 5.97. The molecule has 2 aromatic heterocycles. The molecule has 3 rings (SSSR count). The molecular formula is C13H10N4. The fraction of sp³-hybridized carbons (Fsp3) is 0. The summed E-state index contributed by atoms with van der Waals surface area (Å²) in [6.07, 6.45) is 6.82. The van der Waals surface area contributed by atoms with Gasteiger partial charge in [0, 0.05) is 35.7 Å². The molecular weight excluding hydrogens is 212 g/mol. The van der Waals surface area contributed by atoms with E-state index in [1.807, 2.05) is 30.5 Å². The molecule has 0 spiro atoms. The van der Waals surface area contributed by atoms with Crippen LogP contribution in [0.3, 0.4) is 0 Å². The summed E-state index contributed by atoms with van der Waals surface area (Å²) in [5.41, 5.74) is 7.55. The second-order valence-electron chi connectivity index (χ2n) is 3.69. The van der Waals surface area contributed by atoms with Gasteiger partial charge in [-0.3, -0.25) is 9.97 Å². The monoisotopic (exact) mass is 222 g/mol. The minimum absolute atomic E-state index is 0.441. The molecule has 0 saturated carbocycles. The normalized spacial score (nSPS) is 10.6. The Hall–Kier alpha value is -2.49. The molecule has 17 heavy (non-hydrogen) atoms. The Labute approximate surface area is 98.2 Å². The average molecular weight is 222 g/mol. The van der Waals surface area contributed by atoms with Gasteiger partial charge in [-0.05, 0) is 11.5 Å². The molecule has 0 fully saturated rings. The van der Waals surface area contributed by atoms with E-state index in [1.54, 1.807) is 18.6 Å². The molecule has 4 heteroatoms. The van der Waals surface area contributed by atoms with E-state index in [4.69, 9.17) is 5.73 Å². The third kappa shape index (κ3) is 1.59. The van der Waals surface area contributed by atoms with E-state index in [1.165, 1.54) is 0 Å². The minimum Gasteiger partial charge on any atom is -0.382 e. The van der Waals surface area contributed by atoms with Gasteiger partial charge in [0.05, 0.1) is 0 Å². The van der Waals surface area contributed by atoms with Gasteiger partial charge in [0.1, 0.15) is 11.5 Å². The van der Waals surface area contributed by atoms with Gasteiger partial charge in [-0.2, -0.15) is 0 Å². The number of anilines is 1. The molecule has 0 atom stereocenters. The van der Waals surface area contributed by atoms with Gasteiger partial charge in [0.2, 0.25) is 0 Å². The van der Waals surface area contributed by atoms with Gasteiger partial charge >= 0.3 is 0 Å². The van der Waals surface area contributed by atoms with Crippen molar-refractivity contribution in [2.75, 3.05) is 5.73 Å². The van der Waals surface area contributed by atoms with Crippen molar-refractivity contribution in [1.29, 1.82) is 0 Å². The molecule has 82 valence electrons. The van der Waals surface area contributed by atoms with Crippen LogP contribution in [0.25, 0.3) is 22.0 Å². The number of pyridine rings is 1. The Morgan fingerprint density at radius 3 is 2.71 bits per heavy atom. The number of aromatic nitrogens is 3. The summed E-state index contributed by atoms with van der Waals surface area (Å²) < 4.78 is 0. The molecule has 3 aromatic rings. The SMILES string of the molecule is Nc1nccnc1-c1cccc2cnccc12. The molecule has 0 unspecified atom stereocenters. The molecule has 0 aliphatic rings. The molecule has 2 heterocycles. The van der Waals surface area contributed by atoms with Crippen molar-refractivity contribution < 1.29 is 0 Å². The Kier molecular flexibility index (Phi) is 2.19. The van der Waals surface area contributed by atoms with Crippen LogP contribution in [0.1, 0.15) is 0 Å². The first-order chi connectivity index (χ1) is 8.36. The van der Waals surface area contributed by atoms with Gasteiger partial charge in [0.15, 0.2) is 0 Å². The van der Waals surface area contributed by atoms with Crippen molar-refractivity contribution in [1.82, 2.24) is 15.0 Å². The van der Waals surface area contributed by atoms with Crippen molar-refractivity contribution in [2.24, 2.45) is 0 Å². The number of hydrogen-bond acceptors (Lipinski definition) is 4. The topological polar surface area (TPSA) is 64.7 Å². The molecule has 2 N–H and O–H groups in total. The lowest BCUT2D eigenvalue weighted by atomic mass is 10.0. The highest BCUT2D eigenvalue weighted by Crippen LogP contribution is 2.28. The van der Waals surface area contributed by atoms with Crippen molar-refractivity contribution >= 4 is 16.6 Å². The van der Waals surface area contributed by atoms with Crippen LogP contribution >= 0.6 is 0 Å². The lowest BCUT2D eigenvalue weighted by Crippen LogP contribution is -1.96. The van der Waals surface area contributed by atoms with Crippen LogP contribution in [0.5, 0.6) is 0 Å². The van der Waals surface area contributed by atoms with Crippen LogP contribution in [0.2, 0.25) is 0 Å². The summed E-state index contributed by atoms with van der Waals surface area (Å²) in [4.78, 5) is 12.5. The predicted octanol–water partition coefficient (Wildman–Crippen LogP) is 2.27. The third-order valence-electron chi connectivity index (χ3n) is 2.66. The summed E-state index contributed by atoms with van der Waals surface area (Å²) in [6, 6.07) is 7.92. The molecule has 0 radical (unpaired) electrons. The van der Waals surface area contributed by atoms with Gasteiger partial charge < -0.3 is 5.73 Å². The summed E-state index contributed by atoms with van der Waals surface area (Å²) in [5.74, 6) is 0.441. The van der Waals surface area contributed by atoms with E-state index < -0.39 is 0 Å². The zero-order valence-corrected chi connectivity index (χ0v) is 9.04. The van der Waals surface area contributed by atoms with Gasteiger partial charge in [0.25, 0.3) is 0 Å². The Morgan fingerprint density at radius 2 is 1.82 bits per heavy atom.